The second kappa shape index (κ2) is 12.7. The highest BCUT2D eigenvalue weighted by atomic mass is 16.4. The highest BCUT2D eigenvalue weighted by molar-refractivity contribution is 5.94. The lowest BCUT2D eigenvalue weighted by molar-refractivity contribution is -0.142. The summed E-state index contributed by atoms with van der Waals surface area (Å²) >= 11 is 0. The number of carboxylic acids is 1. The standard InChI is InChI=1S/C26H31N5O7/c1-14(23(34)31-22(26(37)38)11-16-12-28-20-5-3-2-4-18(16)20)29-25(36)21(30-24(35)19(27)13-32)10-15-6-8-17(33)9-7-15/h2-9,12,14,19,21-22,28,32-33H,10-11,13,27H2,1H3,(H,29,36)(H,30,35)(H,31,34)(H,37,38). The lowest BCUT2D eigenvalue weighted by Crippen LogP contribution is -2.57. The van der Waals surface area contributed by atoms with E-state index in [2.05, 4.69) is 20.9 Å². The lowest BCUT2D eigenvalue weighted by Gasteiger charge is -2.23. The molecule has 0 spiro atoms. The minimum absolute atomic E-state index is 0.00263. The van der Waals surface area contributed by atoms with Crippen LogP contribution in [-0.2, 0) is 32.0 Å². The number of nitrogens with one attached hydrogen (secondary N) is 4. The summed E-state index contributed by atoms with van der Waals surface area (Å²) in [5.41, 5.74) is 7.70. The van der Waals surface area contributed by atoms with Gasteiger partial charge in [-0.05, 0) is 36.2 Å². The molecule has 1 heterocycles. The molecule has 0 aliphatic heterocycles. The molecule has 0 saturated carbocycles. The molecule has 12 nitrogen and oxygen atoms in total. The van der Waals surface area contributed by atoms with Crippen LogP contribution in [0.15, 0.2) is 54.7 Å². The Hall–Kier alpha value is -4.42. The summed E-state index contributed by atoms with van der Waals surface area (Å²) in [5, 5.41) is 36.6. The van der Waals surface area contributed by atoms with Gasteiger partial charge >= 0.3 is 5.97 Å². The maximum Gasteiger partial charge on any atom is 0.326 e. The molecule has 3 aromatic rings. The summed E-state index contributed by atoms with van der Waals surface area (Å²) in [4.78, 5) is 53.0. The zero-order valence-corrected chi connectivity index (χ0v) is 20.7. The summed E-state index contributed by atoms with van der Waals surface area (Å²) in [6.07, 6.45) is 1.71. The number of aliphatic hydroxyl groups is 1. The van der Waals surface area contributed by atoms with Crippen LogP contribution in [0, 0.1) is 0 Å². The summed E-state index contributed by atoms with van der Waals surface area (Å²) in [5.74, 6) is -3.44. The van der Waals surface area contributed by atoms with Crippen molar-refractivity contribution in [1.82, 2.24) is 20.9 Å². The van der Waals surface area contributed by atoms with Crippen molar-refractivity contribution in [2.45, 2.75) is 43.9 Å². The number of carbonyl (C=O) groups excluding carboxylic acids is 3. The molecule has 1 aromatic heterocycles. The van der Waals surface area contributed by atoms with Gasteiger partial charge in [0.25, 0.3) is 0 Å². The van der Waals surface area contributed by atoms with Crippen molar-refractivity contribution in [3.8, 4) is 5.75 Å². The van der Waals surface area contributed by atoms with Crippen molar-refractivity contribution in [2.24, 2.45) is 5.73 Å². The molecule has 38 heavy (non-hydrogen) atoms. The van der Waals surface area contributed by atoms with Gasteiger partial charge < -0.3 is 42.0 Å². The van der Waals surface area contributed by atoms with Crippen LogP contribution < -0.4 is 21.7 Å². The molecule has 4 unspecified atom stereocenters. The SMILES string of the molecule is CC(NC(=O)C(Cc1ccc(O)cc1)NC(=O)C(N)CO)C(=O)NC(Cc1c[nH]c2ccccc12)C(=O)O. The Morgan fingerprint density at radius 1 is 0.895 bits per heavy atom. The second-order valence-electron chi connectivity index (χ2n) is 8.91. The minimum Gasteiger partial charge on any atom is -0.508 e. The Balaban J connectivity index is 1.68. The number of nitrogens with two attached hydrogens (primary N) is 1. The molecule has 3 rings (SSSR count). The number of benzene rings is 2. The Morgan fingerprint density at radius 2 is 1.55 bits per heavy atom. The van der Waals surface area contributed by atoms with Crippen LogP contribution in [0.1, 0.15) is 18.1 Å². The molecule has 0 aliphatic carbocycles. The van der Waals surface area contributed by atoms with Crippen molar-refractivity contribution in [2.75, 3.05) is 6.61 Å². The van der Waals surface area contributed by atoms with Gasteiger partial charge in [-0.1, -0.05) is 30.3 Å². The number of carbonyl (C=O) groups is 4. The van der Waals surface area contributed by atoms with E-state index in [1.54, 1.807) is 18.3 Å². The monoisotopic (exact) mass is 525 g/mol. The molecule has 0 bridgehead atoms. The van der Waals surface area contributed by atoms with Gasteiger partial charge in [0.1, 0.15) is 29.9 Å². The summed E-state index contributed by atoms with van der Waals surface area (Å²) in [7, 11) is 0. The van der Waals surface area contributed by atoms with Gasteiger partial charge in [0.15, 0.2) is 0 Å². The van der Waals surface area contributed by atoms with E-state index in [1.807, 2.05) is 24.3 Å². The highest BCUT2D eigenvalue weighted by Crippen LogP contribution is 2.19. The van der Waals surface area contributed by atoms with E-state index in [4.69, 9.17) is 10.8 Å². The van der Waals surface area contributed by atoms with E-state index in [-0.39, 0.29) is 18.6 Å². The number of rotatable bonds is 12. The average Bonchev–Trinajstić information content (AvgIpc) is 3.31. The van der Waals surface area contributed by atoms with Gasteiger partial charge in [-0.3, -0.25) is 14.4 Å². The van der Waals surface area contributed by atoms with E-state index in [0.717, 1.165) is 10.9 Å². The molecule has 4 atom stereocenters. The topological polar surface area (TPSA) is 207 Å². The lowest BCUT2D eigenvalue weighted by atomic mass is 10.0. The zero-order chi connectivity index (χ0) is 27.8. The van der Waals surface area contributed by atoms with Crippen LogP contribution in [0.2, 0.25) is 0 Å². The average molecular weight is 526 g/mol. The fraction of sp³-hybridized carbons (Fsp3) is 0.308. The van der Waals surface area contributed by atoms with Crippen molar-refractivity contribution < 1.29 is 34.5 Å². The molecule has 12 heteroatoms. The van der Waals surface area contributed by atoms with Gasteiger partial charge in [0.05, 0.1) is 6.61 Å². The summed E-state index contributed by atoms with van der Waals surface area (Å²) in [6, 6.07) is 8.51. The number of aliphatic carboxylic acids is 1. The molecule has 3 amide bonds. The van der Waals surface area contributed by atoms with Crippen molar-refractivity contribution in [1.29, 1.82) is 0 Å². The van der Waals surface area contributed by atoms with Crippen LogP contribution in [-0.4, -0.2) is 74.8 Å². The first-order valence-corrected chi connectivity index (χ1v) is 11.9. The number of phenols is 1. The number of fused-ring (bicyclic) bond motifs is 1. The number of hydrogen-bond donors (Lipinski definition) is 8. The predicted molar refractivity (Wildman–Crippen MR) is 138 cm³/mol. The molecule has 0 fully saturated rings. The quantitative estimate of drug-likeness (QED) is 0.155. The fourth-order valence-corrected chi connectivity index (χ4v) is 3.84. The largest absolute Gasteiger partial charge is 0.508 e. The molecule has 2 aromatic carbocycles. The second-order valence-corrected chi connectivity index (χ2v) is 8.91. The van der Waals surface area contributed by atoms with Gasteiger partial charge in [0, 0.05) is 29.9 Å². The minimum atomic E-state index is -1.26. The van der Waals surface area contributed by atoms with Crippen LogP contribution in [0.25, 0.3) is 10.9 Å². The summed E-state index contributed by atoms with van der Waals surface area (Å²) < 4.78 is 0. The van der Waals surface area contributed by atoms with Gasteiger partial charge in [-0.25, -0.2) is 4.79 Å². The number of amides is 3. The first-order valence-electron chi connectivity index (χ1n) is 11.9. The van der Waals surface area contributed by atoms with Crippen molar-refractivity contribution >= 4 is 34.6 Å². The first kappa shape index (κ1) is 28.2. The third kappa shape index (κ3) is 7.31. The Labute approximate surface area is 218 Å². The van der Waals surface area contributed by atoms with Gasteiger partial charge in [-0.2, -0.15) is 0 Å². The molecule has 0 aliphatic rings. The molecule has 9 N–H and O–H groups in total. The van der Waals surface area contributed by atoms with Crippen molar-refractivity contribution in [3.05, 3.63) is 65.9 Å². The molecular formula is C26H31N5O7. The third-order valence-electron chi connectivity index (χ3n) is 6.01. The number of aromatic amines is 1. The van der Waals surface area contributed by atoms with Crippen LogP contribution >= 0.6 is 0 Å². The number of H-pyrrole nitrogens is 1. The predicted octanol–water partition coefficient (Wildman–Crippen LogP) is -0.463. The highest BCUT2D eigenvalue weighted by Gasteiger charge is 2.29. The smallest absolute Gasteiger partial charge is 0.326 e. The van der Waals surface area contributed by atoms with Crippen LogP contribution in [0.4, 0.5) is 0 Å². The van der Waals surface area contributed by atoms with Gasteiger partial charge in [-0.15, -0.1) is 0 Å². The molecule has 0 saturated heterocycles. The summed E-state index contributed by atoms with van der Waals surface area (Å²) in [6.45, 7) is 0.752. The van der Waals surface area contributed by atoms with E-state index in [0.29, 0.717) is 11.1 Å². The van der Waals surface area contributed by atoms with E-state index < -0.39 is 54.5 Å². The maximum absolute atomic E-state index is 13.0. The van der Waals surface area contributed by atoms with E-state index in [9.17, 15) is 29.4 Å². The Morgan fingerprint density at radius 3 is 2.21 bits per heavy atom. The van der Waals surface area contributed by atoms with Crippen LogP contribution in [0.5, 0.6) is 5.75 Å². The first-order chi connectivity index (χ1) is 18.1. The number of aromatic nitrogens is 1. The number of phenolic OH excluding ortho intramolecular Hbond substituents is 1. The number of hydrogen-bond acceptors (Lipinski definition) is 7. The number of carboxylic acid groups (broad SMARTS) is 1. The van der Waals surface area contributed by atoms with Crippen molar-refractivity contribution in [3.63, 3.8) is 0 Å². The van der Waals surface area contributed by atoms with Gasteiger partial charge in [0.2, 0.25) is 17.7 Å². The Bertz CT molecular complexity index is 1290. The number of aliphatic hydroxyl groups excluding tert-OH is 1. The van der Waals surface area contributed by atoms with Crippen LogP contribution in [0.3, 0.4) is 0 Å². The fourth-order valence-electron chi connectivity index (χ4n) is 3.84. The molecule has 0 radical (unpaired) electrons. The zero-order valence-electron chi connectivity index (χ0n) is 20.7. The number of aromatic hydroxyl groups is 1. The Kier molecular flexibility index (Phi) is 9.41. The normalized spacial score (nSPS) is 14.2. The van der Waals surface area contributed by atoms with E-state index in [1.165, 1.54) is 19.1 Å². The molecular weight excluding hydrogens is 494 g/mol. The third-order valence-corrected chi connectivity index (χ3v) is 6.01. The maximum atomic E-state index is 13.0. The molecule has 202 valence electrons. The van der Waals surface area contributed by atoms with E-state index >= 15 is 0 Å². The number of para-hydroxylation sites is 1.